The summed E-state index contributed by atoms with van der Waals surface area (Å²) in [7, 11) is 0. The topological polar surface area (TPSA) is 0 Å². The molecule has 0 radical (unpaired) electrons. The van der Waals surface area contributed by atoms with Crippen molar-refractivity contribution in [1.29, 1.82) is 0 Å². The Bertz CT molecular complexity index is 1670. The molecule has 0 aliphatic heterocycles. The molecule has 0 nitrogen and oxygen atoms in total. The van der Waals surface area contributed by atoms with Crippen molar-refractivity contribution in [2.24, 2.45) is 0 Å². The minimum atomic E-state index is -0.446. The van der Waals surface area contributed by atoms with Gasteiger partial charge in [0.25, 0.3) is 0 Å². The third-order valence-corrected chi connectivity index (χ3v) is 8.13. The Balaban J connectivity index is 1.71. The second kappa shape index (κ2) is 12.5. The highest BCUT2D eigenvalue weighted by Gasteiger charge is 2.48. The number of benzene rings is 3. The molecule has 0 N–H and O–H groups in total. The Kier molecular flexibility index (Phi) is 8.47. The molecule has 0 amide bonds. The van der Waals surface area contributed by atoms with Crippen LogP contribution in [0.5, 0.6) is 0 Å². The number of allylic oxidation sites excluding steroid dienone is 14. The Hall–Kier alpha value is -4.86. The molecular weight excluding hydrogens is 492 g/mol. The maximum Gasteiger partial charge on any atom is 0.0673 e. The van der Waals surface area contributed by atoms with Crippen molar-refractivity contribution in [3.63, 3.8) is 0 Å². The maximum absolute atomic E-state index is 5.56. The van der Waals surface area contributed by atoms with Crippen LogP contribution >= 0.6 is 0 Å². The highest BCUT2D eigenvalue weighted by molar-refractivity contribution is 5.93. The number of rotatable bonds is 9. The molecular formula is C41H36. The highest BCUT2D eigenvalue weighted by Crippen LogP contribution is 2.58. The first kappa shape index (κ1) is 27.7. The van der Waals surface area contributed by atoms with E-state index in [1.54, 1.807) is 6.08 Å². The van der Waals surface area contributed by atoms with E-state index < -0.39 is 5.41 Å². The van der Waals surface area contributed by atoms with Crippen molar-refractivity contribution in [2.45, 2.75) is 31.6 Å². The maximum atomic E-state index is 5.56. The van der Waals surface area contributed by atoms with Crippen molar-refractivity contribution >= 4 is 5.57 Å². The monoisotopic (exact) mass is 528 g/mol. The van der Waals surface area contributed by atoms with Gasteiger partial charge in [-0.3, -0.25) is 0 Å². The van der Waals surface area contributed by atoms with Gasteiger partial charge in [0, 0.05) is 0 Å². The van der Waals surface area contributed by atoms with Crippen LogP contribution in [0, 0.1) is 12.3 Å². The van der Waals surface area contributed by atoms with Crippen LogP contribution in [0.4, 0.5) is 0 Å². The summed E-state index contributed by atoms with van der Waals surface area (Å²) in [4.78, 5) is 0. The van der Waals surface area contributed by atoms with Crippen LogP contribution in [0.25, 0.3) is 27.8 Å². The van der Waals surface area contributed by atoms with E-state index in [-0.39, 0.29) is 0 Å². The molecule has 2 aliphatic rings. The molecule has 0 spiro atoms. The van der Waals surface area contributed by atoms with Crippen LogP contribution in [0.2, 0.25) is 0 Å². The quantitative estimate of drug-likeness (QED) is 0.147. The summed E-state index contributed by atoms with van der Waals surface area (Å²) in [6.07, 6.45) is 29.5. The molecule has 200 valence electrons. The lowest BCUT2D eigenvalue weighted by Gasteiger charge is -2.38. The predicted molar refractivity (Wildman–Crippen MR) is 178 cm³/mol. The molecule has 0 fully saturated rings. The first-order chi connectivity index (χ1) is 20.2. The van der Waals surface area contributed by atoms with Gasteiger partial charge in [0.1, 0.15) is 0 Å². The third-order valence-electron chi connectivity index (χ3n) is 8.13. The Morgan fingerprint density at radius 3 is 2.32 bits per heavy atom. The summed E-state index contributed by atoms with van der Waals surface area (Å²) in [5.41, 5.74) is 12.1. The van der Waals surface area contributed by atoms with E-state index in [0.29, 0.717) is 0 Å². The van der Waals surface area contributed by atoms with Gasteiger partial charge in [-0.2, -0.15) is 0 Å². The molecule has 2 aliphatic carbocycles. The van der Waals surface area contributed by atoms with E-state index >= 15 is 0 Å². The van der Waals surface area contributed by atoms with Crippen molar-refractivity contribution in [3.05, 3.63) is 175 Å². The van der Waals surface area contributed by atoms with Gasteiger partial charge in [0.2, 0.25) is 0 Å². The highest BCUT2D eigenvalue weighted by atomic mass is 14.5. The van der Waals surface area contributed by atoms with E-state index in [1.807, 2.05) is 18.2 Å². The third kappa shape index (κ3) is 5.08. The molecule has 5 rings (SSSR count). The molecule has 0 heteroatoms. The van der Waals surface area contributed by atoms with Gasteiger partial charge in [-0.1, -0.05) is 134 Å². The second-order valence-electron chi connectivity index (χ2n) is 10.3. The Labute approximate surface area is 245 Å². The molecule has 0 aromatic heterocycles. The van der Waals surface area contributed by atoms with E-state index in [4.69, 9.17) is 6.42 Å². The molecule has 1 unspecified atom stereocenters. The minimum absolute atomic E-state index is 0.446. The van der Waals surface area contributed by atoms with E-state index in [0.717, 1.165) is 24.8 Å². The second-order valence-corrected chi connectivity index (χ2v) is 10.3. The first-order valence-electron chi connectivity index (χ1n) is 14.3. The Morgan fingerprint density at radius 2 is 1.63 bits per heavy atom. The predicted octanol–water partition coefficient (Wildman–Crippen LogP) is 10.8. The largest absolute Gasteiger partial charge is 0.115 e. The summed E-state index contributed by atoms with van der Waals surface area (Å²) in [6.45, 7) is 10.3. The zero-order valence-corrected chi connectivity index (χ0v) is 23.8. The van der Waals surface area contributed by atoms with Crippen molar-refractivity contribution in [1.82, 2.24) is 0 Å². The summed E-state index contributed by atoms with van der Waals surface area (Å²) < 4.78 is 0. The summed E-state index contributed by atoms with van der Waals surface area (Å²) in [6, 6.07) is 26.4. The molecule has 0 heterocycles. The fraction of sp³-hybridized carbons (Fsp3) is 0.122. The molecule has 1 atom stereocenters. The summed E-state index contributed by atoms with van der Waals surface area (Å²) in [5, 5.41) is 0. The summed E-state index contributed by atoms with van der Waals surface area (Å²) in [5.74, 6) is 2.63. The zero-order valence-electron chi connectivity index (χ0n) is 23.8. The van der Waals surface area contributed by atoms with Crippen LogP contribution in [-0.2, 0) is 5.41 Å². The number of hydrogen-bond acceptors (Lipinski definition) is 0. The minimum Gasteiger partial charge on any atom is -0.115 e. The van der Waals surface area contributed by atoms with E-state index in [1.165, 1.54) is 50.1 Å². The van der Waals surface area contributed by atoms with Gasteiger partial charge < -0.3 is 0 Å². The van der Waals surface area contributed by atoms with Crippen LogP contribution < -0.4 is 0 Å². The summed E-state index contributed by atoms with van der Waals surface area (Å²) >= 11 is 0. The lowest BCUT2D eigenvalue weighted by molar-refractivity contribution is 0.693. The normalized spacial score (nSPS) is 18.4. The molecule has 3 aromatic carbocycles. The number of terminal acetylenes is 1. The van der Waals surface area contributed by atoms with E-state index in [9.17, 15) is 0 Å². The van der Waals surface area contributed by atoms with Crippen LogP contribution in [0.1, 0.15) is 37.3 Å². The van der Waals surface area contributed by atoms with Crippen LogP contribution in [0.15, 0.2) is 163 Å². The standard InChI is InChI=1S/C41H36/c1-5-9-12-20-35(7-3)41(36(8-4)21-13-10-6-2)39-23-17-16-22-37(39)38-30-34(28-29-40(38)41)33-26-24-32(25-27-33)31-18-14-11-15-19-31/h1,6-9,11-16,18-22,24-30H,2-3,10,17,23H2,4H3/b12-9-,21-13-,35-20+,36-8+. The van der Waals surface area contributed by atoms with Crippen molar-refractivity contribution in [3.8, 4) is 34.6 Å². The van der Waals surface area contributed by atoms with Gasteiger partial charge in [0.15, 0.2) is 0 Å². The lowest BCUT2D eigenvalue weighted by Crippen LogP contribution is -2.31. The van der Waals surface area contributed by atoms with Gasteiger partial charge in [-0.25, -0.2) is 0 Å². The molecule has 3 aromatic rings. The molecule has 41 heavy (non-hydrogen) atoms. The molecule has 0 saturated carbocycles. The average molecular weight is 529 g/mol. The van der Waals surface area contributed by atoms with Crippen LogP contribution in [-0.4, -0.2) is 0 Å². The number of hydrogen-bond donors (Lipinski definition) is 0. The molecule has 0 bridgehead atoms. The van der Waals surface area contributed by atoms with E-state index in [2.05, 4.69) is 135 Å². The van der Waals surface area contributed by atoms with Gasteiger partial charge >= 0.3 is 0 Å². The van der Waals surface area contributed by atoms with Crippen molar-refractivity contribution < 1.29 is 0 Å². The van der Waals surface area contributed by atoms with Gasteiger partial charge in [0.05, 0.1) is 5.41 Å². The zero-order chi connectivity index (χ0) is 28.7. The Morgan fingerprint density at radius 1 is 0.927 bits per heavy atom. The number of fused-ring (bicyclic) bond motifs is 2. The smallest absolute Gasteiger partial charge is 0.0673 e. The van der Waals surface area contributed by atoms with Gasteiger partial charge in [-0.15, -0.1) is 13.0 Å². The molecule has 0 saturated heterocycles. The SMILES string of the molecule is C#C/C=C\C=C(/C=C)C1(C(/C=C\CC=C)=C/C)C2=C(C=CCC2)c2cc(-c3ccc(-c4ccccc4)cc3)ccc21. The first-order valence-corrected chi connectivity index (χ1v) is 14.3. The average Bonchev–Trinajstić information content (AvgIpc) is 3.32. The van der Waals surface area contributed by atoms with Crippen molar-refractivity contribution in [2.75, 3.05) is 0 Å². The van der Waals surface area contributed by atoms with Crippen LogP contribution in [0.3, 0.4) is 0 Å². The fourth-order valence-corrected chi connectivity index (χ4v) is 6.34. The lowest BCUT2D eigenvalue weighted by atomic mass is 9.64. The van der Waals surface area contributed by atoms with Gasteiger partial charge in [-0.05, 0) is 94.0 Å². The fourth-order valence-electron chi connectivity index (χ4n) is 6.34.